The zero-order valence-electron chi connectivity index (χ0n) is 11.4. The van der Waals surface area contributed by atoms with Crippen molar-refractivity contribution in [2.45, 2.75) is 4.90 Å². The Hall–Kier alpha value is -2.32. The lowest BCUT2D eigenvalue weighted by Crippen LogP contribution is -2.13. The fourth-order valence-electron chi connectivity index (χ4n) is 1.73. The van der Waals surface area contributed by atoms with E-state index in [0.29, 0.717) is 0 Å². The van der Waals surface area contributed by atoms with E-state index in [9.17, 15) is 18.5 Å². The van der Waals surface area contributed by atoms with Gasteiger partial charge in [-0.1, -0.05) is 11.6 Å². The van der Waals surface area contributed by atoms with Crippen LogP contribution in [-0.2, 0) is 10.0 Å². The number of benzene rings is 2. The minimum absolute atomic E-state index is 0.0455. The van der Waals surface area contributed by atoms with Gasteiger partial charge in [-0.2, -0.15) is 0 Å². The van der Waals surface area contributed by atoms with Crippen LogP contribution in [0.2, 0.25) is 5.02 Å². The quantitative estimate of drug-likeness (QED) is 0.642. The van der Waals surface area contributed by atoms with Crippen LogP contribution in [0.25, 0.3) is 0 Å². The molecule has 7 nitrogen and oxygen atoms in total. The predicted molar refractivity (Wildman–Crippen MR) is 84.9 cm³/mol. The lowest BCUT2D eigenvalue weighted by atomic mass is 10.3. The molecule has 0 aliphatic rings. The van der Waals surface area contributed by atoms with Crippen molar-refractivity contribution in [2.75, 3.05) is 17.1 Å². The van der Waals surface area contributed by atoms with Crippen molar-refractivity contribution >= 4 is 38.7 Å². The van der Waals surface area contributed by atoms with E-state index in [1.165, 1.54) is 24.3 Å². The standard InChI is InChI=1S/C13H12ClN3O4S/c1-15-9-2-5-11(6-3-9)22(20,21)16-10-4-7-12(14)13(8-10)17(18)19/h2-8,15-16H,1H3. The summed E-state index contributed by atoms with van der Waals surface area (Å²) in [5, 5.41) is 13.6. The zero-order valence-corrected chi connectivity index (χ0v) is 13.0. The van der Waals surface area contributed by atoms with Crippen LogP contribution < -0.4 is 10.0 Å². The van der Waals surface area contributed by atoms with Gasteiger partial charge in [0, 0.05) is 18.8 Å². The number of nitro benzene ring substituents is 1. The molecule has 0 radical (unpaired) electrons. The molecular weight excluding hydrogens is 330 g/mol. The summed E-state index contributed by atoms with van der Waals surface area (Å²) in [5.41, 5.74) is 0.460. The smallest absolute Gasteiger partial charge is 0.289 e. The van der Waals surface area contributed by atoms with E-state index in [1.807, 2.05) is 0 Å². The summed E-state index contributed by atoms with van der Waals surface area (Å²) < 4.78 is 26.7. The second-order valence-corrected chi connectivity index (χ2v) is 6.39. The van der Waals surface area contributed by atoms with Crippen LogP contribution in [0.4, 0.5) is 17.1 Å². The summed E-state index contributed by atoms with van der Waals surface area (Å²) in [6, 6.07) is 9.77. The van der Waals surface area contributed by atoms with Gasteiger partial charge in [-0.3, -0.25) is 14.8 Å². The summed E-state index contributed by atoms with van der Waals surface area (Å²) in [7, 11) is -2.12. The number of nitrogens with one attached hydrogen (secondary N) is 2. The molecule has 0 fully saturated rings. The molecule has 0 heterocycles. The fourth-order valence-corrected chi connectivity index (χ4v) is 2.97. The highest BCUT2D eigenvalue weighted by Gasteiger charge is 2.18. The van der Waals surface area contributed by atoms with Gasteiger partial charge < -0.3 is 5.32 Å². The van der Waals surface area contributed by atoms with Crippen molar-refractivity contribution < 1.29 is 13.3 Å². The molecule has 2 aromatic rings. The highest BCUT2D eigenvalue weighted by Crippen LogP contribution is 2.28. The van der Waals surface area contributed by atoms with Crippen molar-refractivity contribution in [3.8, 4) is 0 Å². The highest BCUT2D eigenvalue weighted by molar-refractivity contribution is 7.92. The van der Waals surface area contributed by atoms with Gasteiger partial charge in [-0.25, -0.2) is 8.42 Å². The SMILES string of the molecule is CNc1ccc(S(=O)(=O)Nc2ccc(Cl)c([N+](=O)[O-])c2)cc1. The third kappa shape index (κ3) is 3.46. The van der Waals surface area contributed by atoms with Crippen LogP contribution in [0.5, 0.6) is 0 Å². The van der Waals surface area contributed by atoms with Crippen molar-refractivity contribution in [3.63, 3.8) is 0 Å². The van der Waals surface area contributed by atoms with Crippen LogP contribution in [-0.4, -0.2) is 20.4 Å². The molecule has 116 valence electrons. The molecule has 2 aromatic carbocycles. The van der Waals surface area contributed by atoms with Gasteiger partial charge >= 0.3 is 0 Å². The largest absolute Gasteiger partial charge is 0.388 e. The minimum atomic E-state index is -3.84. The zero-order chi connectivity index (χ0) is 16.3. The van der Waals surface area contributed by atoms with Crippen molar-refractivity contribution in [2.24, 2.45) is 0 Å². The summed E-state index contributed by atoms with van der Waals surface area (Å²) >= 11 is 5.69. The first kappa shape index (κ1) is 16.1. The lowest BCUT2D eigenvalue weighted by molar-refractivity contribution is -0.384. The molecule has 0 aliphatic heterocycles. The molecule has 0 bridgehead atoms. The molecule has 0 atom stereocenters. The van der Waals surface area contributed by atoms with Crippen molar-refractivity contribution in [1.29, 1.82) is 0 Å². The maximum absolute atomic E-state index is 12.2. The third-order valence-corrected chi connectivity index (χ3v) is 4.57. The number of halogens is 1. The highest BCUT2D eigenvalue weighted by atomic mass is 35.5. The summed E-state index contributed by atoms with van der Waals surface area (Å²) in [6.07, 6.45) is 0. The first-order valence-electron chi connectivity index (χ1n) is 6.08. The van der Waals surface area contributed by atoms with Crippen molar-refractivity contribution in [3.05, 3.63) is 57.6 Å². The molecule has 22 heavy (non-hydrogen) atoms. The van der Waals surface area contributed by atoms with Gasteiger partial charge in [0.1, 0.15) is 5.02 Å². The number of sulfonamides is 1. The minimum Gasteiger partial charge on any atom is -0.388 e. The normalized spacial score (nSPS) is 11.0. The molecule has 2 N–H and O–H groups in total. The lowest BCUT2D eigenvalue weighted by Gasteiger charge is -2.09. The molecule has 0 saturated carbocycles. The first-order chi connectivity index (χ1) is 10.3. The second kappa shape index (κ2) is 6.20. The van der Waals surface area contributed by atoms with Gasteiger partial charge in [0.05, 0.1) is 15.5 Å². The maximum atomic E-state index is 12.2. The molecule has 9 heteroatoms. The first-order valence-corrected chi connectivity index (χ1v) is 7.94. The Morgan fingerprint density at radius 3 is 2.23 bits per heavy atom. The number of nitrogens with zero attached hydrogens (tertiary/aromatic N) is 1. The number of hydrogen-bond donors (Lipinski definition) is 2. The summed E-state index contributed by atoms with van der Waals surface area (Å²) in [6.45, 7) is 0. The molecule has 0 unspecified atom stereocenters. The molecule has 0 amide bonds. The number of anilines is 2. The van der Waals surface area contributed by atoms with E-state index in [2.05, 4.69) is 10.0 Å². The topological polar surface area (TPSA) is 101 Å². The van der Waals surface area contributed by atoms with E-state index in [1.54, 1.807) is 19.2 Å². The number of nitro groups is 1. The van der Waals surface area contributed by atoms with Gasteiger partial charge in [0.25, 0.3) is 15.7 Å². The van der Waals surface area contributed by atoms with E-state index in [4.69, 9.17) is 11.6 Å². The fraction of sp³-hybridized carbons (Fsp3) is 0.0769. The Kier molecular flexibility index (Phi) is 4.53. The monoisotopic (exact) mass is 341 g/mol. The van der Waals surface area contributed by atoms with Crippen molar-refractivity contribution in [1.82, 2.24) is 0 Å². The van der Waals surface area contributed by atoms with E-state index in [-0.39, 0.29) is 21.3 Å². The van der Waals surface area contributed by atoms with Gasteiger partial charge in [-0.05, 0) is 36.4 Å². The summed E-state index contributed by atoms with van der Waals surface area (Å²) in [4.78, 5) is 10.2. The predicted octanol–water partition coefficient (Wildman–Crippen LogP) is 3.09. The van der Waals surface area contributed by atoms with Crippen LogP contribution in [0.1, 0.15) is 0 Å². The van der Waals surface area contributed by atoms with E-state index >= 15 is 0 Å². The molecule has 2 rings (SSSR count). The van der Waals surface area contributed by atoms with Gasteiger partial charge in [0.15, 0.2) is 0 Å². The molecule has 0 spiro atoms. The molecular formula is C13H12ClN3O4S. The van der Waals surface area contributed by atoms with Gasteiger partial charge in [0.2, 0.25) is 0 Å². The van der Waals surface area contributed by atoms with Gasteiger partial charge in [-0.15, -0.1) is 0 Å². The van der Waals surface area contributed by atoms with Crippen LogP contribution in [0.15, 0.2) is 47.4 Å². The molecule has 0 saturated heterocycles. The van der Waals surface area contributed by atoms with E-state index in [0.717, 1.165) is 11.8 Å². The number of rotatable bonds is 5. The molecule has 0 aromatic heterocycles. The van der Waals surface area contributed by atoms with Crippen LogP contribution in [0, 0.1) is 10.1 Å². The Balaban J connectivity index is 2.32. The average molecular weight is 342 g/mol. The number of hydrogen-bond acceptors (Lipinski definition) is 5. The third-order valence-electron chi connectivity index (χ3n) is 2.85. The second-order valence-electron chi connectivity index (χ2n) is 4.30. The molecule has 0 aliphatic carbocycles. The maximum Gasteiger partial charge on any atom is 0.289 e. The average Bonchev–Trinajstić information content (AvgIpc) is 2.48. The Labute approximate surface area is 132 Å². The van der Waals surface area contributed by atoms with Crippen LogP contribution >= 0.6 is 11.6 Å². The Morgan fingerprint density at radius 2 is 1.68 bits per heavy atom. The van der Waals surface area contributed by atoms with Crippen LogP contribution in [0.3, 0.4) is 0 Å². The Bertz CT molecular complexity index is 807. The Morgan fingerprint density at radius 1 is 1.09 bits per heavy atom. The van der Waals surface area contributed by atoms with E-state index < -0.39 is 14.9 Å². The summed E-state index contributed by atoms with van der Waals surface area (Å²) in [5.74, 6) is 0.